The van der Waals surface area contributed by atoms with E-state index in [0.29, 0.717) is 24.1 Å². The summed E-state index contributed by atoms with van der Waals surface area (Å²) in [6.45, 7) is 16.0. The first-order valence-corrected chi connectivity index (χ1v) is 25.4. The molecule has 3 aromatic carbocycles. The van der Waals surface area contributed by atoms with E-state index < -0.39 is 89.0 Å². The average Bonchev–Trinajstić information content (AvgIpc) is 3.28. The second kappa shape index (κ2) is 22.5. The number of alkyl halides is 3. The molecule has 2 heterocycles. The Balaban J connectivity index is 1.42. The summed E-state index contributed by atoms with van der Waals surface area (Å²) in [6, 6.07) is 26.0. The molecule has 1 fully saturated rings. The maximum Gasteiger partial charge on any atom is 0.325 e. The van der Waals surface area contributed by atoms with Crippen LogP contribution >= 0.6 is 34.8 Å². The first-order chi connectivity index (χ1) is 31.4. The highest BCUT2D eigenvalue weighted by atomic mass is 35.6. The summed E-state index contributed by atoms with van der Waals surface area (Å²) in [6.07, 6.45) is 3.83. The van der Waals surface area contributed by atoms with Crippen LogP contribution in [0.5, 0.6) is 0 Å². The third kappa shape index (κ3) is 13.9. The third-order valence-electron chi connectivity index (χ3n) is 11.6. The van der Waals surface area contributed by atoms with Gasteiger partial charge in [-0.05, 0) is 72.6 Å². The van der Waals surface area contributed by atoms with Crippen molar-refractivity contribution in [3.05, 3.63) is 108 Å². The lowest BCUT2D eigenvalue weighted by Gasteiger charge is -2.44. The molecule has 0 radical (unpaired) electrons. The summed E-state index contributed by atoms with van der Waals surface area (Å²) in [5.74, 6) is -3.08. The molecule has 67 heavy (non-hydrogen) atoms. The van der Waals surface area contributed by atoms with Crippen LogP contribution in [0.25, 0.3) is 17.0 Å². The van der Waals surface area contributed by atoms with E-state index in [1.165, 1.54) is 11.9 Å². The second-order valence-electron chi connectivity index (χ2n) is 18.8. The summed E-state index contributed by atoms with van der Waals surface area (Å²) < 4.78 is 15.9. The molecule has 3 amide bonds. The van der Waals surface area contributed by atoms with Gasteiger partial charge in [0.15, 0.2) is 0 Å². The van der Waals surface area contributed by atoms with Gasteiger partial charge < -0.3 is 24.5 Å². The molecule has 1 aliphatic heterocycles. The number of pyridine rings is 1. The number of rotatable bonds is 17. The number of amides is 3. The van der Waals surface area contributed by atoms with Crippen LogP contribution in [0.3, 0.4) is 0 Å². The maximum absolute atomic E-state index is 14.8. The molecule has 0 spiro atoms. The van der Waals surface area contributed by atoms with Crippen molar-refractivity contribution < 1.29 is 37.9 Å². The number of fused-ring (bicyclic) bond motifs is 1. The fraction of sp³-hybridized carbons (Fsp3) is 0.440. The fourth-order valence-corrected chi connectivity index (χ4v) is 12.7. The standard InChI is InChI=1S/C50H62Cl3N5O8Si/c1-32(2)43(56-47(63)49(8,9)27-26-35-22-23-36-24-25-39(54-41(36)29-35)33(3)66-34(4)59)44(60)55-42(45(61)58-28-16-21-40(57-58)46(62)64-31-50(51,52)53)30-65-67(48(5,6)7,37-17-12-10-13-18-37)38-19-14-11-15-20-38/h10-15,17-20,22-27,29,32-33,40,42-43,57H,16,21,28,30-31H2,1-9H3,(H,55,60)(H,56,63)/t33-,40+,42+,43+/m1/s1. The summed E-state index contributed by atoms with van der Waals surface area (Å²) in [4.78, 5) is 72.8. The van der Waals surface area contributed by atoms with Gasteiger partial charge >= 0.3 is 11.9 Å². The van der Waals surface area contributed by atoms with Crippen molar-refractivity contribution in [2.24, 2.45) is 11.3 Å². The second-order valence-corrected chi connectivity index (χ2v) is 25.6. The summed E-state index contributed by atoms with van der Waals surface area (Å²) in [5.41, 5.74) is 3.96. The molecule has 1 saturated heterocycles. The normalized spacial score (nSPS) is 16.3. The van der Waals surface area contributed by atoms with E-state index >= 15 is 0 Å². The first-order valence-electron chi connectivity index (χ1n) is 22.4. The van der Waals surface area contributed by atoms with Crippen molar-refractivity contribution in [2.75, 3.05) is 19.8 Å². The van der Waals surface area contributed by atoms with Gasteiger partial charge in [-0.25, -0.2) is 10.4 Å². The maximum atomic E-state index is 14.8. The number of aromatic nitrogens is 1. The molecule has 17 heteroatoms. The smallest absolute Gasteiger partial charge is 0.325 e. The summed E-state index contributed by atoms with van der Waals surface area (Å²) in [5, 5.41) is 9.59. The zero-order chi connectivity index (χ0) is 49.3. The van der Waals surface area contributed by atoms with E-state index in [-0.39, 0.29) is 13.2 Å². The number of hydrogen-bond acceptors (Lipinski definition) is 10. The van der Waals surface area contributed by atoms with Crippen molar-refractivity contribution in [1.29, 1.82) is 0 Å². The van der Waals surface area contributed by atoms with E-state index in [2.05, 4.69) is 36.8 Å². The zero-order valence-corrected chi connectivity index (χ0v) is 42.8. The monoisotopic (exact) mass is 993 g/mol. The van der Waals surface area contributed by atoms with Crippen LogP contribution in [-0.4, -0.2) is 89.6 Å². The summed E-state index contributed by atoms with van der Waals surface area (Å²) >= 11 is 17.5. The van der Waals surface area contributed by atoms with Crippen LogP contribution in [0.1, 0.15) is 92.5 Å². The quantitative estimate of drug-likeness (QED) is 0.0548. The van der Waals surface area contributed by atoms with Gasteiger partial charge in [0.25, 0.3) is 14.2 Å². The van der Waals surface area contributed by atoms with Crippen molar-refractivity contribution in [3.63, 3.8) is 0 Å². The fourth-order valence-electron chi connectivity index (χ4n) is 7.99. The molecular weight excluding hydrogens is 933 g/mol. The van der Waals surface area contributed by atoms with E-state index in [9.17, 15) is 24.0 Å². The topological polar surface area (TPSA) is 165 Å². The third-order valence-corrected chi connectivity index (χ3v) is 17.0. The number of halogens is 3. The molecule has 0 aliphatic carbocycles. The van der Waals surface area contributed by atoms with E-state index in [1.54, 1.807) is 40.7 Å². The highest BCUT2D eigenvalue weighted by Gasteiger charge is 2.51. The Morgan fingerprint density at radius 1 is 0.881 bits per heavy atom. The van der Waals surface area contributed by atoms with Gasteiger partial charge in [0.2, 0.25) is 15.6 Å². The van der Waals surface area contributed by atoms with Crippen LogP contribution in [-0.2, 0) is 37.9 Å². The lowest BCUT2D eigenvalue weighted by Crippen LogP contribution is -2.69. The SMILES string of the molecule is CC(=O)O[C@H](C)c1ccc2ccc(C=CC(C)(C)C(=O)N[C@H](C(=O)N[C@@H](CO[Si](c3ccccc3)(c3ccccc3)C(C)(C)C)C(=O)N3CCC[C@@H](C(=O)OCC(Cl)(Cl)Cl)N3)C(C)C)cc2n1. The van der Waals surface area contributed by atoms with Crippen LogP contribution in [0.15, 0.2) is 97.1 Å². The molecule has 0 saturated carbocycles. The predicted octanol–water partition coefficient (Wildman–Crippen LogP) is 7.51. The number of hydrogen-bond donors (Lipinski definition) is 3. The largest absolute Gasteiger partial charge is 0.460 e. The van der Waals surface area contributed by atoms with E-state index in [4.69, 9.17) is 53.7 Å². The Morgan fingerprint density at radius 3 is 2.06 bits per heavy atom. The molecule has 4 aromatic rings. The highest BCUT2D eigenvalue weighted by molar-refractivity contribution is 6.99. The number of benzene rings is 3. The minimum absolute atomic E-state index is 0.214. The number of nitrogens with zero attached hydrogens (tertiary/aromatic N) is 2. The molecular formula is C50H62Cl3N5O8Si. The molecule has 1 aliphatic rings. The molecule has 13 nitrogen and oxygen atoms in total. The number of ether oxygens (including phenoxy) is 2. The Labute approximate surface area is 409 Å². The summed E-state index contributed by atoms with van der Waals surface area (Å²) in [7, 11) is -3.24. The van der Waals surface area contributed by atoms with Crippen LogP contribution in [0.2, 0.25) is 5.04 Å². The molecule has 360 valence electrons. The Kier molecular flexibility index (Phi) is 17.9. The van der Waals surface area contributed by atoms with Crippen LogP contribution in [0, 0.1) is 11.3 Å². The molecule has 5 rings (SSSR count). The van der Waals surface area contributed by atoms with Crippen molar-refractivity contribution in [3.8, 4) is 0 Å². The van der Waals surface area contributed by atoms with Gasteiger partial charge in [0.05, 0.1) is 23.2 Å². The van der Waals surface area contributed by atoms with Gasteiger partial charge in [0, 0.05) is 18.9 Å². The predicted molar refractivity (Wildman–Crippen MR) is 266 cm³/mol. The lowest BCUT2D eigenvalue weighted by molar-refractivity contribution is -0.153. The molecule has 0 bridgehead atoms. The zero-order valence-electron chi connectivity index (χ0n) is 39.5. The van der Waals surface area contributed by atoms with Crippen molar-refractivity contribution in [2.45, 2.75) is 108 Å². The van der Waals surface area contributed by atoms with Crippen LogP contribution in [0.4, 0.5) is 0 Å². The minimum Gasteiger partial charge on any atom is -0.460 e. The molecule has 1 aromatic heterocycles. The number of carbonyl (C=O) groups is 5. The van der Waals surface area contributed by atoms with Gasteiger partial charge in [-0.3, -0.25) is 29.0 Å². The lowest BCUT2D eigenvalue weighted by atomic mass is 9.89. The number of nitrogens with one attached hydrogen (secondary N) is 3. The average molecular weight is 996 g/mol. The van der Waals surface area contributed by atoms with Crippen molar-refractivity contribution in [1.82, 2.24) is 26.1 Å². The molecule has 3 N–H and O–H groups in total. The van der Waals surface area contributed by atoms with Gasteiger partial charge in [-0.1, -0.05) is 160 Å². The number of hydrazine groups is 1. The Morgan fingerprint density at radius 2 is 1.49 bits per heavy atom. The van der Waals surface area contributed by atoms with E-state index in [0.717, 1.165) is 21.3 Å². The van der Waals surface area contributed by atoms with Gasteiger partial charge in [-0.2, -0.15) is 0 Å². The Hall–Kier alpha value is -4.83. The Bertz CT molecular complexity index is 2370. The van der Waals surface area contributed by atoms with Gasteiger partial charge in [-0.15, -0.1) is 0 Å². The first kappa shape index (κ1) is 53.1. The van der Waals surface area contributed by atoms with Gasteiger partial charge in [0.1, 0.15) is 30.8 Å². The van der Waals surface area contributed by atoms with Crippen molar-refractivity contribution >= 4 is 100 Å². The van der Waals surface area contributed by atoms with E-state index in [1.807, 2.05) is 97.1 Å². The number of carbonyl (C=O) groups excluding carboxylic acids is 5. The molecule has 0 unspecified atom stereocenters. The highest BCUT2D eigenvalue weighted by Crippen LogP contribution is 2.37. The number of esters is 2. The van der Waals surface area contributed by atoms with Crippen LogP contribution < -0.4 is 26.4 Å². The molecule has 4 atom stereocenters. The minimum atomic E-state index is -3.24.